The number of aromatic nitrogens is 2. The van der Waals surface area contributed by atoms with E-state index in [0.29, 0.717) is 30.2 Å². The van der Waals surface area contributed by atoms with Crippen LogP contribution in [0, 0.1) is 11.8 Å². The molecule has 0 saturated carbocycles. The summed E-state index contributed by atoms with van der Waals surface area (Å²) in [5.74, 6) is -1.23. The summed E-state index contributed by atoms with van der Waals surface area (Å²) >= 11 is 0. The van der Waals surface area contributed by atoms with Gasteiger partial charge in [-0.1, -0.05) is 6.07 Å². The molecular formula is C25H27F2N5O2. The molecule has 2 fully saturated rings. The Hall–Kier alpha value is -3.33. The summed E-state index contributed by atoms with van der Waals surface area (Å²) in [6, 6.07) is 9.84. The third-order valence-electron chi connectivity index (χ3n) is 7.10. The van der Waals surface area contributed by atoms with Crippen molar-refractivity contribution >= 4 is 22.4 Å². The van der Waals surface area contributed by atoms with Crippen LogP contribution in [0.4, 0.5) is 14.5 Å². The number of pyridine rings is 2. The number of rotatable bonds is 4. The van der Waals surface area contributed by atoms with Crippen LogP contribution in [-0.2, 0) is 0 Å². The first-order chi connectivity index (χ1) is 16.4. The highest BCUT2D eigenvalue weighted by Gasteiger charge is 2.32. The maximum Gasteiger partial charge on any atom is 0.269 e. The average Bonchev–Trinajstić information content (AvgIpc) is 3.34. The second-order valence-corrected chi connectivity index (χ2v) is 9.07. The molecule has 9 heteroatoms. The summed E-state index contributed by atoms with van der Waals surface area (Å²) < 4.78 is 28.0. The van der Waals surface area contributed by atoms with Gasteiger partial charge in [0.05, 0.1) is 5.69 Å². The topological polar surface area (TPSA) is 81.3 Å². The van der Waals surface area contributed by atoms with E-state index in [1.54, 1.807) is 18.2 Å². The first-order valence-electron chi connectivity index (χ1n) is 11.6. The van der Waals surface area contributed by atoms with Gasteiger partial charge in [0.25, 0.3) is 11.5 Å². The van der Waals surface area contributed by atoms with E-state index < -0.39 is 17.7 Å². The van der Waals surface area contributed by atoms with Crippen LogP contribution >= 0.6 is 0 Å². The quantitative estimate of drug-likeness (QED) is 0.577. The number of H-pyrrole nitrogens is 1. The lowest BCUT2D eigenvalue weighted by Crippen LogP contribution is -2.44. The first-order valence-corrected chi connectivity index (χ1v) is 11.6. The molecule has 2 saturated heterocycles. The lowest BCUT2D eigenvalue weighted by Gasteiger charge is -2.37. The van der Waals surface area contributed by atoms with Gasteiger partial charge < -0.3 is 15.2 Å². The number of halogens is 2. The molecule has 1 amide bonds. The Labute approximate surface area is 195 Å². The summed E-state index contributed by atoms with van der Waals surface area (Å²) in [7, 11) is 1.49. The number of nitrogens with one attached hydrogen (secondary N) is 2. The maximum absolute atomic E-state index is 14.5. The number of carbonyl (C=O) groups is 1. The predicted octanol–water partition coefficient (Wildman–Crippen LogP) is 3.02. The monoisotopic (exact) mass is 467 g/mol. The number of carbonyl (C=O) groups excluding carboxylic acids is 1. The van der Waals surface area contributed by atoms with Crippen LogP contribution in [-0.4, -0.2) is 60.0 Å². The standard InChI is InChI=1S/C25H27F2N5O2/c1-28-25(34)20-4-5-22(23(27)29-20)31-10-7-18(8-11-31)32-9-6-16(14-32)21-12-15-2-3-17(26)13-19(15)24(33)30-21/h2-5,12-13,16,18H,6-11,14H2,1H3,(H,28,34)(H,30,33). The molecule has 1 atom stereocenters. The number of benzene rings is 1. The summed E-state index contributed by atoms with van der Waals surface area (Å²) in [6.07, 6.45) is 2.75. The van der Waals surface area contributed by atoms with E-state index in [0.717, 1.165) is 43.4 Å². The molecule has 5 rings (SSSR count). The molecule has 4 heterocycles. The molecule has 0 aliphatic carbocycles. The molecule has 2 aromatic heterocycles. The maximum atomic E-state index is 14.5. The fourth-order valence-corrected chi connectivity index (χ4v) is 5.24. The molecule has 2 aliphatic rings. The largest absolute Gasteiger partial charge is 0.368 e. The summed E-state index contributed by atoms with van der Waals surface area (Å²) in [4.78, 5) is 35.4. The number of anilines is 1. The SMILES string of the molecule is CNC(=O)c1ccc(N2CCC(N3CCC(c4cc5ccc(F)cc5c(=O)[nH]4)C3)CC2)c(F)n1. The molecule has 1 aromatic carbocycles. The average molecular weight is 468 g/mol. The second-order valence-electron chi connectivity index (χ2n) is 9.07. The lowest BCUT2D eigenvalue weighted by atomic mass is 10.0. The molecule has 2 N–H and O–H groups in total. The molecule has 0 bridgehead atoms. The van der Waals surface area contributed by atoms with Crippen molar-refractivity contribution in [2.24, 2.45) is 0 Å². The van der Waals surface area contributed by atoms with E-state index in [9.17, 15) is 18.4 Å². The first kappa shape index (κ1) is 22.5. The van der Waals surface area contributed by atoms with Crippen molar-refractivity contribution < 1.29 is 13.6 Å². The van der Waals surface area contributed by atoms with Crippen LogP contribution in [0.15, 0.2) is 41.2 Å². The van der Waals surface area contributed by atoms with Gasteiger partial charge >= 0.3 is 0 Å². The Morgan fingerprint density at radius 3 is 2.62 bits per heavy atom. The molecular weight excluding hydrogens is 440 g/mol. The highest BCUT2D eigenvalue weighted by atomic mass is 19.1. The Balaban J connectivity index is 1.22. The van der Waals surface area contributed by atoms with E-state index in [1.807, 2.05) is 11.0 Å². The van der Waals surface area contributed by atoms with Gasteiger partial charge in [0.2, 0.25) is 5.95 Å². The minimum absolute atomic E-state index is 0.0682. The third kappa shape index (κ3) is 4.27. The van der Waals surface area contributed by atoms with Crippen molar-refractivity contribution in [2.45, 2.75) is 31.2 Å². The van der Waals surface area contributed by atoms with Crippen LogP contribution in [0.2, 0.25) is 0 Å². The molecule has 0 radical (unpaired) electrons. The zero-order valence-corrected chi connectivity index (χ0v) is 19.0. The number of likely N-dealkylation sites (tertiary alicyclic amines) is 1. The highest BCUT2D eigenvalue weighted by Crippen LogP contribution is 2.32. The zero-order chi connectivity index (χ0) is 23.8. The summed E-state index contributed by atoms with van der Waals surface area (Å²) in [5.41, 5.74) is 1.14. The van der Waals surface area contributed by atoms with Gasteiger partial charge in [0, 0.05) is 49.7 Å². The van der Waals surface area contributed by atoms with Gasteiger partial charge in [-0.15, -0.1) is 0 Å². The van der Waals surface area contributed by atoms with E-state index in [2.05, 4.69) is 20.2 Å². The van der Waals surface area contributed by atoms with Crippen molar-refractivity contribution in [3.8, 4) is 0 Å². The number of hydrogen-bond donors (Lipinski definition) is 2. The van der Waals surface area contributed by atoms with Crippen LogP contribution in [0.25, 0.3) is 10.8 Å². The van der Waals surface area contributed by atoms with Gasteiger partial charge in [-0.25, -0.2) is 9.37 Å². The smallest absolute Gasteiger partial charge is 0.269 e. The van der Waals surface area contributed by atoms with Gasteiger partial charge in [-0.3, -0.25) is 14.5 Å². The fourth-order valence-electron chi connectivity index (χ4n) is 5.24. The lowest BCUT2D eigenvalue weighted by molar-refractivity contribution is 0.0957. The molecule has 34 heavy (non-hydrogen) atoms. The number of aromatic amines is 1. The minimum Gasteiger partial charge on any atom is -0.368 e. The van der Waals surface area contributed by atoms with Crippen molar-refractivity contribution in [1.82, 2.24) is 20.2 Å². The zero-order valence-electron chi connectivity index (χ0n) is 19.0. The third-order valence-corrected chi connectivity index (χ3v) is 7.10. The predicted molar refractivity (Wildman–Crippen MR) is 126 cm³/mol. The fraction of sp³-hybridized carbons (Fsp3) is 0.400. The number of hydrogen-bond acceptors (Lipinski definition) is 5. The van der Waals surface area contributed by atoms with Gasteiger partial charge in [0.15, 0.2) is 0 Å². The Kier molecular flexibility index (Phi) is 6.03. The molecule has 7 nitrogen and oxygen atoms in total. The Bertz CT molecular complexity index is 1290. The minimum atomic E-state index is -0.624. The normalized spacial score (nSPS) is 19.6. The summed E-state index contributed by atoms with van der Waals surface area (Å²) in [5, 5.41) is 3.58. The van der Waals surface area contributed by atoms with Crippen molar-refractivity contribution in [3.05, 3.63) is 69.9 Å². The molecule has 2 aliphatic heterocycles. The van der Waals surface area contributed by atoms with E-state index in [1.165, 1.54) is 19.2 Å². The van der Waals surface area contributed by atoms with Crippen molar-refractivity contribution in [3.63, 3.8) is 0 Å². The number of fused-ring (bicyclic) bond motifs is 1. The molecule has 3 aromatic rings. The number of piperidine rings is 1. The molecule has 178 valence electrons. The van der Waals surface area contributed by atoms with E-state index in [-0.39, 0.29) is 17.2 Å². The number of nitrogens with zero attached hydrogens (tertiary/aromatic N) is 3. The van der Waals surface area contributed by atoms with Gasteiger partial charge in [0.1, 0.15) is 11.5 Å². The van der Waals surface area contributed by atoms with Gasteiger partial charge in [-0.2, -0.15) is 4.39 Å². The van der Waals surface area contributed by atoms with Crippen LogP contribution in [0.5, 0.6) is 0 Å². The van der Waals surface area contributed by atoms with Crippen LogP contribution < -0.4 is 15.8 Å². The Morgan fingerprint density at radius 2 is 1.88 bits per heavy atom. The molecule has 0 spiro atoms. The second kappa shape index (κ2) is 9.13. The Morgan fingerprint density at radius 1 is 1.09 bits per heavy atom. The van der Waals surface area contributed by atoms with Crippen molar-refractivity contribution in [1.29, 1.82) is 0 Å². The molecule has 1 unspecified atom stereocenters. The van der Waals surface area contributed by atoms with Crippen molar-refractivity contribution in [2.75, 3.05) is 38.1 Å². The van der Waals surface area contributed by atoms with Crippen LogP contribution in [0.3, 0.4) is 0 Å². The van der Waals surface area contributed by atoms with Gasteiger partial charge in [-0.05, 0) is 61.5 Å². The van der Waals surface area contributed by atoms with E-state index in [4.69, 9.17) is 0 Å². The summed E-state index contributed by atoms with van der Waals surface area (Å²) in [6.45, 7) is 3.21. The number of amides is 1. The van der Waals surface area contributed by atoms with E-state index >= 15 is 0 Å². The van der Waals surface area contributed by atoms with Crippen LogP contribution in [0.1, 0.15) is 41.4 Å². The highest BCUT2D eigenvalue weighted by molar-refractivity contribution is 5.92.